The van der Waals surface area contributed by atoms with Gasteiger partial charge in [-0.2, -0.15) is 0 Å². The minimum absolute atomic E-state index is 0.168. The molecule has 1 aliphatic heterocycles. The van der Waals surface area contributed by atoms with Gasteiger partial charge in [0, 0.05) is 29.8 Å². The maximum absolute atomic E-state index is 12.8. The second kappa shape index (κ2) is 9.83. The molecule has 0 aliphatic carbocycles. The van der Waals surface area contributed by atoms with Gasteiger partial charge in [0.05, 0.1) is 12.0 Å². The summed E-state index contributed by atoms with van der Waals surface area (Å²) >= 11 is 3.48. The molecule has 1 aromatic carbocycles. The molecule has 0 aromatic heterocycles. The molecule has 1 heterocycles. The summed E-state index contributed by atoms with van der Waals surface area (Å²) < 4.78 is 11.9. The fourth-order valence-corrected chi connectivity index (χ4v) is 4.02. The molecular weight excluding hydrogens is 436 g/mol. The largest absolute Gasteiger partial charge is 0.466 e. The van der Waals surface area contributed by atoms with E-state index in [0.717, 1.165) is 15.7 Å². The molecule has 0 atom stereocenters. The zero-order valence-corrected chi connectivity index (χ0v) is 19.7. The zero-order valence-electron chi connectivity index (χ0n) is 18.1. The van der Waals surface area contributed by atoms with E-state index in [2.05, 4.69) is 27.3 Å². The van der Waals surface area contributed by atoms with Crippen LogP contribution in [0.25, 0.3) is 0 Å². The van der Waals surface area contributed by atoms with Crippen LogP contribution in [0, 0.1) is 12.3 Å². The predicted molar refractivity (Wildman–Crippen MR) is 118 cm³/mol. The van der Waals surface area contributed by atoms with Gasteiger partial charge in [-0.25, -0.2) is 4.79 Å². The van der Waals surface area contributed by atoms with Crippen molar-refractivity contribution in [2.45, 2.75) is 59.5 Å². The summed E-state index contributed by atoms with van der Waals surface area (Å²) in [7, 11) is 0. The Kier molecular flexibility index (Phi) is 7.97. The second-order valence-corrected chi connectivity index (χ2v) is 9.52. The van der Waals surface area contributed by atoms with Crippen molar-refractivity contribution >= 4 is 33.7 Å². The molecule has 0 bridgehead atoms. The summed E-state index contributed by atoms with van der Waals surface area (Å²) in [5.74, 6) is -0.168. The standard InChI is InChI=1S/C22H33BrN2O4/c1-6-28-19(26)22(9-12-24-18-8-7-17(23)15-16(18)2)10-13-25(14-11-22)20(27)29-21(3,4)5/h7-8,15,24H,6,9-14H2,1-5H3. The predicted octanol–water partition coefficient (Wildman–Crippen LogP) is 5.14. The molecular formula is C22H33BrN2O4. The maximum Gasteiger partial charge on any atom is 0.410 e. The van der Waals surface area contributed by atoms with Gasteiger partial charge in [0.15, 0.2) is 0 Å². The number of anilines is 1. The van der Waals surface area contributed by atoms with Gasteiger partial charge in [-0.3, -0.25) is 4.79 Å². The summed E-state index contributed by atoms with van der Waals surface area (Å²) in [5.41, 5.74) is 1.09. The molecule has 2 rings (SSSR count). The quantitative estimate of drug-likeness (QED) is 0.585. The van der Waals surface area contributed by atoms with E-state index in [9.17, 15) is 9.59 Å². The van der Waals surface area contributed by atoms with Crippen molar-refractivity contribution in [2.75, 3.05) is 31.6 Å². The third-order valence-electron chi connectivity index (χ3n) is 5.19. The van der Waals surface area contributed by atoms with Gasteiger partial charge in [0.2, 0.25) is 0 Å². The number of piperidine rings is 1. The molecule has 29 heavy (non-hydrogen) atoms. The number of benzene rings is 1. The smallest absolute Gasteiger partial charge is 0.410 e. The molecule has 1 aromatic rings. The molecule has 0 unspecified atom stereocenters. The Bertz CT molecular complexity index is 722. The van der Waals surface area contributed by atoms with E-state index in [1.165, 1.54) is 0 Å². The highest BCUT2D eigenvalue weighted by molar-refractivity contribution is 9.10. The Balaban J connectivity index is 2.01. The average Bonchev–Trinajstić information content (AvgIpc) is 2.63. The number of likely N-dealkylation sites (tertiary alicyclic amines) is 1. The second-order valence-electron chi connectivity index (χ2n) is 8.60. The topological polar surface area (TPSA) is 67.9 Å². The molecule has 0 spiro atoms. The molecule has 1 saturated heterocycles. The number of nitrogens with zero attached hydrogens (tertiary/aromatic N) is 1. The SMILES string of the molecule is CCOC(=O)C1(CCNc2ccc(Br)cc2C)CCN(C(=O)OC(C)(C)C)CC1. The highest BCUT2D eigenvalue weighted by Gasteiger charge is 2.43. The van der Waals surface area contributed by atoms with E-state index in [4.69, 9.17) is 9.47 Å². The fraction of sp³-hybridized carbons (Fsp3) is 0.636. The van der Waals surface area contributed by atoms with E-state index in [0.29, 0.717) is 45.5 Å². The fourth-order valence-electron chi connectivity index (χ4n) is 3.55. The van der Waals surface area contributed by atoms with Crippen molar-refractivity contribution in [1.29, 1.82) is 0 Å². The molecule has 0 saturated carbocycles. The van der Waals surface area contributed by atoms with Crippen molar-refractivity contribution in [3.63, 3.8) is 0 Å². The lowest BCUT2D eigenvalue weighted by Gasteiger charge is -2.40. The van der Waals surface area contributed by atoms with E-state index in [1.54, 1.807) is 4.90 Å². The van der Waals surface area contributed by atoms with Crippen LogP contribution in [0.4, 0.5) is 10.5 Å². The van der Waals surface area contributed by atoms with Gasteiger partial charge >= 0.3 is 12.1 Å². The highest BCUT2D eigenvalue weighted by Crippen LogP contribution is 2.37. The first-order valence-electron chi connectivity index (χ1n) is 10.2. The first kappa shape index (κ1) is 23.5. The number of hydrogen-bond acceptors (Lipinski definition) is 5. The van der Waals surface area contributed by atoms with Crippen LogP contribution in [0.3, 0.4) is 0 Å². The van der Waals surface area contributed by atoms with Crippen LogP contribution in [0.2, 0.25) is 0 Å². The van der Waals surface area contributed by atoms with Gasteiger partial charge in [-0.15, -0.1) is 0 Å². The molecule has 162 valence electrons. The summed E-state index contributed by atoms with van der Waals surface area (Å²) in [4.78, 5) is 26.8. The lowest BCUT2D eigenvalue weighted by molar-refractivity contribution is -0.159. The minimum atomic E-state index is -0.579. The van der Waals surface area contributed by atoms with E-state index in [1.807, 2.05) is 46.8 Å². The molecule has 6 nitrogen and oxygen atoms in total. The number of rotatable bonds is 6. The monoisotopic (exact) mass is 468 g/mol. The molecule has 1 amide bonds. The summed E-state index contributed by atoms with van der Waals surface area (Å²) in [6, 6.07) is 6.08. The Labute approximate surface area is 182 Å². The number of halogens is 1. The highest BCUT2D eigenvalue weighted by atomic mass is 79.9. The number of aryl methyl sites for hydroxylation is 1. The Morgan fingerprint density at radius 1 is 1.24 bits per heavy atom. The Morgan fingerprint density at radius 2 is 1.90 bits per heavy atom. The van der Waals surface area contributed by atoms with Crippen LogP contribution in [0.5, 0.6) is 0 Å². The van der Waals surface area contributed by atoms with Crippen LogP contribution >= 0.6 is 15.9 Å². The average molecular weight is 469 g/mol. The van der Waals surface area contributed by atoms with E-state index < -0.39 is 11.0 Å². The first-order valence-corrected chi connectivity index (χ1v) is 11.0. The number of nitrogens with one attached hydrogen (secondary N) is 1. The molecule has 7 heteroatoms. The van der Waals surface area contributed by atoms with Crippen LogP contribution in [0.15, 0.2) is 22.7 Å². The number of amides is 1. The van der Waals surface area contributed by atoms with Gasteiger partial charge in [-0.05, 0) is 77.6 Å². The lowest BCUT2D eigenvalue weighted by atomic mass is 9.75. The first-order chi connectivity index (χ1) is 13.6. The maximum atomic E-state index is 12.8. The van der Waals surface area contributed by atoms with Crippen molar-refractivity contribution in [3.8, 4) is 0 Å². The third-order valence-corrected chi connectivity index (χ3v) is 5.68. The molecule has 0 radical (unpaired) electrons. The van der Waals surface area contributed by atoms with Gasteiger partial charge in [0.25, 0.3) is 0 Å². The van der Waals surface area contributed by atoms with Gasteiger partial charge < -0.3 is 19.7 Å². The normalized spacial score (nSPS) is 16.3. The van der Waals surface area contributed by atoms with Gasteiger partial charge in [-0.1, -0.05) is 15.9 Å². The van der Waals surface area contributed by atoms with Gasteiger partial charge in [0.1, 0.15) is 5.60 Å². The van der Waals surface area contributed by atoms with Crippen LogP contribution in [-0.2, 0) is 14.3 Å². The summed E-state index contributed by atoms with van der Waals surface area (Å²) in [6.45, 7) is 11.4. The van der Waals surface area contributed by atoms with Crippen molar-refractivity contribution in [2.24, 2.45) is 5.41 Å². The molecule has 1 N–H and O–H groups in total. The van der Waals surface area contributed by atoms with E-state index in [-0.39, 0.29) is 12.1 Å². The Hall–Kier alpha value is -1.76. The van der Waals surface area contributed by atoms with Crippen molar-refractivity contribution in [1.82, 2.24) is 4.90 Å². The van der Waals surface area contributed by atoms with Crippen LogP contribution in [0.1, 0.15) is 52.5 Å². The Morgan fingerprint density at radius 3 is 2.45 bits per heavy atom. The number of ether oxygens (including phenoxy) is 2. The molecule has 1 aliphatic rings. The van der Waals surface area contributed by atoms with Crippen molar-refractivity contribution < 1.29 is 19.1 Å². The van der Waals surface area contributed by atoms with E-state index >= 15 is 0 Å². The number of esters is 1. The third kappa shape index (κ3) is 6.63. The molecule has 1 fully saturated rings. The van der Waals surface area contributed by atoms with Crippen LogP contribution in [-0.4, -0.2) is 48.8 Å². The summed E-state index contributed by atoms with van der Waals surface area (Å²) in [5, 5.41) is 3.44. The minimum Gasteiger partial charge on any atom is -0.466 e. The van der Waals surface area contributed by atoms with Crippen LogP contribution < -0.4 is 5.32 Å². The number of hydrogen-bond donors (Lipinski definition) is 1. The van der Waals surface area contributed by atoms with Crippen molar-refractivity contribution in [3.05, 3.63) is 28.2 Å². The number of carbonyl (C=O) groups excluding carboxylic acids is 2. The lowest BCUT2D eigenvalue weighted by Crippen LogP contribution is -2.49. The number of carbonyl (C=O) groups is 2. The summed E-state index contributed by atoms with van der Waals surface area (Å²) in [6.07, 6.45) is 1.49. The zero-order chi connectivity index (χ0) is 21.7.